The highest BCUT2D eigenvalue weighted by molar-refractivity contribution is 6.02. The lowest BCUT2D eigenvalue weighted by atomic mass is 10.1. The van der Waals surface area contributed by atoms with Crippen molar-refractivity contribution in [1.29, 1.82) is 0 Å². The fourth-order valence-corrected chi connectivity index (χ4v) is 1.94. The molecule has 6 nitrogen and oxygen atoms in total. The second-order valence-corrected chi connectivity index (χ2v) is 4.50. The molecule has 0 aliphatic carbocycles. The van der Waals surface area contributed by atoms with Crippen molar-refractivity contribution in [2.45, 2.75) is 19.4 Å². The Morgan fingerprint density at radius 2 is 2.05 bits per heavy atom. The number of hydrogen-bond donors (Lipinski definition) is 3. The van der Waals surface area contributed by atoms with Crippen molar-refractivity contribution in [2.24, 2.45) is 0 Å². The van der Waals surface area contributed by atoms with Gasteiger partial charge in [0, 0.05) is 6.04 Å². The van der Waals surface area contributed by atoms with E-state index in [9.17, 15) is 9.59 Å². The number of aromatic carboxylic acids is 1. The Hall–Kier alpha value is -2.63. The molecular weight excluding hydrogens is 258 g/mol. The zero-order chi connectivity index (χ0) is 14.5. The van der Waals surface area contributed by atoms with Crippen LogP contribution in [-0.4, -0.2) is 33.0 Å². The average Bonchev–Trinajstić information content (AvgIpc) is 2.89. The normalized spacial score (nSPS) is 11.8. The molecule has 0 aliphatic rings. The molecule has 3 N–H and O–H groups in total. The number of carboxylic acids is 1. The summed E-state index contributed by atoms with van der Waals surface area (Å²) >= 11 is 0. The molecule has 1 aromatic carbocycles. The standard InChI is InChI=1S/C14H15N3O3/c1-9(7-10-5-3-2-4-6-10)17-13(18)11-12(14(19)20)16-8-15-11/h2-6,8-9H,7H2,1H3,(H,15,16)(H,17,18)(H,19,20). The molecule has 0 saturated heterocycles. The van der Waals surface area contributed by atoms with E-state index in [1.165, 1.54) is 6.33 Å². The largest absolute Gasteiger partial charge is 0.477 e. The highest BCUT2D eigenvalue weighted by atomic mass is 16.4. The van der Waals surface area contributed by atoms with Crippen LogP contribution in [0.25, 0.3) is 0 Å². The van der Waals surface area contributed by atoms with Gasteiger partial charge in [-0.05, 0) is 18.9 Å². The fraction of sp³-hybridized carbons (Fsp3) is 0.214. The summed E-state index contributed by atoms with van der Waals surface area (Å²) < 4.78 is 0. The Kier molecular flexibility index (Phi) is 4.14. The van der Waals surface area contributed by atoms with E-state index in [2.05, 4.69) is 15.3 Å². The number of rotatable bonds is 5. The van der Waals surface area contributed by atoms with Crippen molar-refractivity contribution in [1.82, 2.24) is 15.3 Å². The summed E-state index contributed by atoms with van der Waals surface area (Å²) in [5.74, 6) is -1.70. The highest BCUT2D eigenvalue weighted by Crippen LogP contribution is 2.06. The number of nitrogens with one attached hydrogen (secondary N) is 2. The van der Waals surface area contributed by atoms with Gasteiger partial charge in [0.05, 0.1) is 6.33 Å². The Bertz CT molecular complexity index is 607. The molecule has 0 radical (unpaired) electrons. The van der Waals surface area contributed by atoms with Crippen LogP contribution in [-0.2, 0) is 6.42 Å². The molecule has 20 heavy (non-hydrogen) atoms. The summed E-state index contributed by atoms with van der Waals surface area (Å²) in [5.41, 5.74) is 0.799. The molecule has 0 bridgehead atoms. The third kappa shape index (κ3) is 3.23. The molecule has 1 unspecified atom stereocenters. The molecule has 2 rings (SSSR count). The number of carbonyl (C=O) groups excluding carboxylic acids is 1. The molecule has 6 heteroatoms. The Balaban J connectivity index is 2.01. The van der Waals surface area contributed by atoms with Crippen LogP contribution in [0.1, 0.15) is 33.5 Å². The molecule has 2 aromatic rings. The van der Waals surface area contributed by atoms with Crippen LogP contribution in [0.5, 0.6) is 0 Å². The van der Waals surface area contributed by atoms with Crippen LogP contribution < -0.4 is 5.32 Å². The predicted octanol–water partition coefficient (Wildman–Crippen LogP) is 1.47. The number of carbonyl (C=O) groups is 2. The van der Waals surface area contributed by atoms with Crippen LogP contribution >= 0.6 is 0 Å². The summed E-state index contributed by atoms with van der Waals surface area (Å²) in [4.78, 5) is 29.1. The van der Waals surface area contributed by atoms with Gasteiger partial charge >= 0.3 is 5.97 Å². The van der Waals surface area contributed by atoms with Crippen LogP contribution in [0.4, 0.5) is 0 Å². The molecule has 1 aromatic heterocycles. The van der Waals surface area contributed by atoms with Crippen LogP contribution in [0, 0.1) is 0 Å². The van der Waals surface area contributed by atoms with E-state index < -0.39 is 11.9 Å². The molecule has 1 heterocycles. The maximum absolute atomic E-state index is 12.0. The van der Waals surface area contributed by atoms with Crippen molar-refractivity contribution >= 4 is 11.9 Å². The summed E-state index contributed by atoms with van der Waals surface area (Å²) in [6, 6.07) is 9.61. The lowest BCUT2D eigenvalue weighted by Crippen LogP contribution is -2.35. The summed E-state index contributed by atoms with van der Waals surface area (Å²) in [6.07, 6.45) is 1.86. The SMILES string of the molecule is CC(Cc1ccccc1)NC(=O)c1nc[nH]c1C(=O)O. The second kappa shape index (κ2) is 6.01. The fourth-order valence-electron chi connectivity index (χ4n) is 1.94. The minimum atomic E-state index is -1.21. The topological polar surface area (TPSA) is 95.1 Å². The number of H-pyrrole nitrogens is 1. The summed E-state index contributed by atoms with van der Waals surface area (Å²) in [7, 11) is 0. The summed E-state index contributed by atoms with van der Waals surface area (Å²) in [6.45, 7) is 1.86. The van der Waals surface area contributed by atoms with E-state index in [1.807, 2.05) is 37.3 Å². The zero-order valence-corrected chi connectivity index (χ0v) is 11.0. The molecule has 1 amide bonds. The minimum absolute atomic E-state index is 0.0996. The summed E-state index contributed by atoms with van der Waals surface area (Å²) in [5, 5.41) is 11.7. The van der Waals surface area contributed by atoms with Gasteiger partial charge in [-0.3, -0.25) is 4.79 Å². The van der Waals surface area contributed by atoms with Crippen molar-refractivity contribution in [3.63, 3.8) is 0 Å². The number of benzene rings is 1. The lowest BCUT2D eigenvalue weighted by Gasteiger charge is -2.13. The first-order valence-corrected chi connectivity index (χ1v) is 6.19. The van der Waals surface area contributed by atoms with Gasteiger partial charge in [-0.15, -0.1) is 0 Å². The molecule has 0 fully saturated rings. The lowest BCUT2D eigenvalue weighted by molar-refractivity contribution is 0.0684. The van der Waals surface area contributed by atoms with Gasteiger partial charge in [-0.2, -0.15) is 0 Å². The first kappa shape index (κ1) is 13.8. The minimum Gasteiger partial charge on any atom is -0.477 e. The molecular formula is C14H15N3O3. The molecule has 0 spiro atoms. The molecule has 0 saturated carbocycles. The Morgan fingerprint density at radius 3 is 2.70 bits per heavy atom. The smallest absolute Gasteiger partial charge is 0.354 e. The van der Waals surface area contributed by atoms with Crippen molar-refractivity contribution in [2.75, 3.05) is 0 Å². The maximum Gasteiger partial charge on any atom is 0.354 e. The van der Waals surface area contributed by atoms with E-state index in [1.54, 1.807) is 0 Å². The van der Waals surface area contributed by atoms with Gasteiger partial charge < -0.3 is 15.4 Å². The third-order valence-electron chi connectivity index (χ3n) is 2.83. The highest BCUT2D eigenvalue weighted by Gasteiger charge is 2.20. The van der Waals surface area contributed by atoms with Gasteiger partial charge in [-0.25, -0.2) is 9.78 Å². The first-order valence-electron chi connectivity index (χ1n) is 6.19. The first-order chi connectivity index (χ1) is 9.58. The van der Waals surface area contributed by atoms with Gasteiger partial charge in [0.15, 0.2) is 11.4 Å². The monoisotopic (exact) mass is 273 g/mol. The average molecular weight is 273 g/mol. The number of imidazole rings is 1. The number of hydrogen-bond acceptors (Lipinski definition) is 3. The van der Waals surface area contributed by atoms with Crippen LogP contribution in [0.2, 0.25) is 0 Å². The maximum atomic E-state index is 12.0. The van der Waals surface area contributed by atoms with Gasteiger partial charge in [-0.1, -0.05) is 30.3 Å². The van der Waals surface area contributed by atoms with Crippen molar-refractivity contribution in [3.8, 4) is 0 Å². The number of nitrogens with zero attached hydrogens (tertiary/aromatic N) is 1. The van der Waals surface area contributed by atoms with Crippen LogP contribution in [0.15, 0.2) is 36.7 Å². The third-order valence-corrected chi connectivity index (χ3v) is 2.83. The van der Waals surface area contributed by atoms with E-state index in [0.29, 0.717) is 6.42 Å². The van der Waals surface area contributed by atoms with Crippen molar-refractivity contribution in [3.05, 3.63) is 53.6 Å². The van der Waals surface area contributed by atoms with E-state index in [0.717, 1.165) is 5.56 Å². The van der Waals surface area contributed by atoms with Gasteiger partial charge in [0.2, 0.25) is 0 Å². The Morgan fingerprint density at radius 1 is 1.35 bits per heavy atom. The van der Waals surface area contributed by atoms with Gasteiger partial charge in [0.25, 0.3) is 5.91 Å². The van der Waals surface area contributed by atoms with E-state index in [-0.39, 0.29) is 17.4 Å². The second-order valence-electron chi connectivity index (χ2n) is 4.50. The number of amides is 1. The number of aromatic amines is 1. The quantitative estimate of drug-likeness (QED) is 0.768. The van der Waals surface area contributed by atoms with E-state index in [4.69, 9.17) is 5.11 Å². The molecule has 1 atom stereocenters. The molecule has 104 valence electrons. The number of aromatic nitrogens is 2. The number of carboxylic acid groups (broad SMARTS) is 1. The van der Waals surface area contributed by atoms with Crippen LogP contribution in [0.3, 0.4) is 0 Å². The Labute approximate surface area is 115 Å². The van der Waals surface area contributed by atoms with Crippen molar-refractivity contribution < 1.29 is 14.7 Å². The van der Waals surface area contributed by atoms with Gasteiger partial charge in [0.1, 0.15) is 0 Å². The molecule has 0 aliphatic heterocycles. The van der Waals surface area contributed by atoms with E-state index >= 15 is 0 Å². The zero-order valence-electron chi connectivity index (χ0n) is 11.0. The predicted molar refractivity (Wildman–Crippen MR) is 72.6 cm³/mol.